The molecule has 0 aliphatic carbocycles. The van der Waals surface area contributed by atoms with Gasteiger partial charge >= 0.3 is 0 Å². The lowest BCUT2D eigenvalue weighted by Gasteiger charge is -2.06. The number of hydrogen-bond acceptors (Lipinski definition) is 6. The Morgan fingerprint density at radius 3 is 2.44 bits per heavy atom. The van der Waals surface area contributed by atoms with E-state index in [9.17, 15) is 0 Å². The van der Waals surface area contributed by atoms with E-state index in [1.807, 2.05) is 54.6 Å². The highest BCUT2D eigenvalue weighted by Gasteiger charge is 2.11. The standard InChI is InChI=1S/C21H19N5S/c1-14-15(2)27-21-19(14)20(22-13-23-21)26-24-12-16-8-10-18(11-9-16)25-17-6-4-3-5-7-17/h3-13,25H,1-2H3,(H,22,23,26)/b24-12-. The van der Waals surface area contributed by atoms with Crippen molar-refractivity contribution in [2.24, 2.45) is 5.10 Å². The fraction of sp³-hybridized carbons (Fsp3) is 0.0952. The third kappa shape index (κ3) is 3.80. The molecular formula is C21H19N5S. The fourth-order valence-electron chi connectivity index (χ4n) is 2.78. The summed E-state index contributed by atoms with van der Waals surface area (Å²) in [6.07, 6.45) is 3.36. The van der Waals surface area contributed by atoms with Gasteiger partial charge in [0.2, 0.25) is 0 Å². The molecule has 0 amide bonds. The summed E-state index contributed by atoms with van der Waals surface area (Å²) in [6.45, 7) is 4.19. The van der Waals surface area contributed by atoms with Gasteiger partial charge in [-0.1, -0.05) is 30.3 Å². The van der Waals surface area contributed by atoms with Gasteiger partial charge in [0.1, 0.15) is 11.2 Å². The molecule has 0 saturated heterocycles. The van der Waals surface area contributed by atoms with E-state index in [0.717, 1.165) is 33.0 Å². The lowest BCUT2D eigenvalue weighted by molar-refractivity contribution is 1.19. The van der Waals surface area contributed by atoms with E-state index in [1.165, 1.54) is 10.4 Å². The molecule has 2 N–H and O–H groups in total. The van der Waals surface area contributed by atoms with Crippen molar-refractivity contribution in [3.05, 3.63) is 76.9 Å². The van der Waals surface area contributed by atoms with E-state index < -0.39 is 0 Å². The van der Waals surface area contributed by atoms with Crippen molar-refractivity contribution in [3.8, 4) is 0 Å². The lowest BCUT2D eigenvalue weighted by Crippen LogP contribution is -1.96. The molecule has 0 unspecified atom stereocenters. The number of aromatic nitrogens is 2. The number of aryl methyl sites for hydroxylation is 2. The first-order chi connectivity index (χ1) is 13.2. The zero-order valence-corrected chi connectivity index (χ0v) is 15.9. The molecule has 0 saturated carbocycles. The predicted molar refractivity (Wildman–Crippen MR) is 114 cm³/mol. The van der Waals surface area contributed by atoms with Gasteiger partial charge in [0.05, 0.1) is 11.6 Å². The number of para-hydroxylation sites is 1. The Bertz CT molecular complexity index is 1080. The molecule has 6 heteroatoms. The normalized spacial score (nSPS) is 11.2. The molecule has 0 aliphatic heterocycles. The van der Waals surface area contributed by atoms with Gasteiger partial charge in [-0.05, 0) is 49.2 Å². The maximum atomic E-state index is 4.34. The van der Waals surface area contributed by atoms with Crippen LogP contribution < -0.4 is 10.7 Å². The minimum absolute atomic E-state index is 0.737. The number of fused-ring (bicyclic) bond motifs is 1. The van der Waals surface area contributed by atoms with Crippen LogP contribution in [0.3, 0.4) is 0 Å². The number of nitrogens with zero attached hydrogens (tertiary/aromatic N) is 3. The van der Waals surface area contributed by atoms with E-state index in [2.05, 4.69) is 39.7 Å². The van der Waals surface area contributed by atoms with Crippen molar-refractivity contribution >= 4 is 45.0 Å². The highest BCUT2D eigenvalue weighted by molar-refractivity contribution is 7.18. The van der Waals surface area contributed by atoms with Crippen LogP contribution in [0.5, 0.6) is 0 Å². The highest BCUT2D eigenvalue weighted by Crippen LogP contribution is 2.32. The molecule has 4 rings (SSSR count). The van der Waals surface area contributed by atoms with Crippen LogP contribution in [0.4, 0.5) is 17.2 Å². The summed E-state index contributed by atoms with van der Waals surface area (Å²) in [4.78, 5) is 10.9. The van der Waals surface area contributed by atoms with Crippen molar-refractivity contribution in [1.29, 1.82) is 0 Å². The number of rotatable bonds is 5. The van der Waals surface area contributed by atoms with Crippen molar-refractivity contribution in [3.63, 3.8) is 0 Å². The maximum absolute atomic E-state index is 4.34. The van der Waals surface area contributed by atoms with Crippen LogP contribution >= 0.6 is 11.3 Å². The van der Waals surface area contributed by atoms with Crippen LogP contribution in [0.25, 0.3) is 10.2 Å². The fourth-order valence-corrected chi connectivity index (χ4v) is 3.77. The van der Waals surface area contributed by atoms with Crippen LogP contribution in [0.2, 0.25) is 0 Å². The molecule has 0 atom stereocenters. The summed E-state index contributed by atoms with van der Waals surface area (Å²) in [5, 5.41) is 8.75. The highest BCUT2D eigenvalue weighted by atomic mass is 32.1. The van der Waals surface area contributed by atoms with Crippen molar-refractivity contribution in [1.82, 2.24) is 9.97 Å². The van der Waals surface area contributed by atoms with Gasteiger partial charge in [-0.3, -0.25) is 5.43 Å². The van der Waals surface area contributed by atoms with Crippen LogP contribution in [0, 0.1) is 13.8 Å². The zero-order valence-electron chi connectivity index (χ0n) is 15.1. The number of benzene rings is 2. The van der Waals surface area contributed by atoms with Crippen molar-refractivity contribution in [2.45, 2.75) is 13.8 Å². The van der Waals surface area contributed by atoms with Crippen molar-refractivity contribution in [2.75, 3.05) is 10.7 Å². The monoisotopic (exact) mass is 373 g/mol. The van der Waals surface area contributed by atoms with E-state index in [0.29, 0.717) is 0 Å². The van der Waals surface area contributed by atoms with Crippen molar-refractivity contribution < 1.29 is 0 Å². The van der Waals surface area contributed by atoms with E-state index in [1.54, 1.807) is 23.9 Å². The molecule has 0 bridgehead atoms. The van der Waals surface area contributed by atoms with Crippen LogP contribution in [-0.2, 0) is 0 Å². The number of nitrogens with one attached hydrogen (secondary N) is 2. The van der Waals surface area contributed by atoms with Gasteiger partial charge in [-0.2, -0.15) is 5.10 Å². The molecule has 2 aromatic carbocycles. The summed E-state index contributed by atoms with van der Waals surface area (Å²) in [6, 6.07) is 18.2. The quantitative estimate of drug-likeness (QED) is 0.358. The summed E-state index contributed by atoms with van der Waals surface area (Å²) in [5.41, 5.74) is 7.36. The zero-order chi connectivity index (χ0) is 18.6. The summed E-state index contributed by atoms with van der Waals surface area (Å²) >= 11 is 1.68. The Morgan fingerprint density at radius 1 is 0.926 bits per heavy atom. The third-order valence-corrected chi connectivity index (χ3v) is 5.44. The maximum Gasteiger partial charge on any atom is 0.158 e. The van der Waals surface area contributed by atoms with E-state index >= 15 is 0 Å². The number of hydrazone groups is 1. The summed E-state index contributed by atoms with van der Waals surface area (Å²) in [7, 11) is 0. The molecule has 2 heterocycles. The molecule has 0 aliphatic rings. The molecule has 2 aromatic heterocycles. The van der Waals surface area contributed by atoms with Crippen LogP contribution in [-0.4, -0.2) is 16.2 Å². The average molecular weight is 373 g/mol. The summed E-state index contributed by atoms with van der Waals surface area (Å²) < 4.78 is 0. The number of thiophene rings is 1. The largest absolute Gasteiger partial charge is 0.356 e. The third-order valence-electron chi connectivity index (χ3n) is 4.32. The Balaban J connectivity index is 1.46. The SMILES string of the molecule is Cc1sc2ncnc(N/N=C\c3ccc(Nc4ccccc4)cc3)c2c1C. The van der Waals surface area contributed by atoms with Gasteiger partial charge in [0, 0.05) is 16.3 Å². The molecule has 0 fully saturated rings. The minimum atomic E-state index is 0.737. The van der Waals surface area contributed by atoms with E-state index in [4.69, 9.17) is 0 Å². The summed E-state index contributed by atoms with van der Waals surface area (Å²) in [5.74, 6) is 0.737. The van der Waals surface area contributed by atoms with Gasteiger partial charge in [-0.25, -0.2) is 9.97 Å². The number of anilines is 3. The van der Waals surface area contributed by atoms with Crippen LogP contribution in [0.1, 0.15) is 16.0 Å². The Morgan fingerprint density at radius 2 is 1.67 bits per heavy atom. The second-order valence-electron chi connectivity index (χ2n) is 6.17. The molecule has 134 valence electrons. The molecule has 4 aromatic rings. The minimum Gasteiger partial charge on any atom is -0.356 e. The molecule has 0 spiro atoms. The average Bonchev–Trinajstić information content (AvgIpc) is 2.99. The Labute approximate surface area is 161 Å². The van der Waals surface area contributed by atoms with Crippen LogP contribution in [0.15, 0.2) is 66.0 Å². The molecule has 27 heavy (non-hydrogen) atoms. The Hall–Kier alpha value is -3.25. The topological polar surface area (TPSA) is 62.2 Å². The first kappa shape index (κ1) is 17.2. The molecule has 5 nitrogen and oxygen atoms in total. The lowest BCUT2D eigenvalue weighted by atomic mass is 10.2. The number of hydrogen-bond donors (Lipinski definition) is 2. The second-order valence-corrected chi connectivity index (χ2v) is 7.37. The molecular weight excluding hydrogens is 354 g/mol. The second kappa shape index (κ2) is 7.55. The molecule has 0 radical (unpaired) electrons. The first-order valence-electron chi connectivity index (χ1n) is 8.62. The van der Waals surface area contributed by atoms with Gasteiger partial charge in [0.15, 0.2) is 5.82 Å². The van der Waals surface area contributed by atoms with Gasteiger partial charge in [0.25, 0.3) is 0 Å². The smallest absolute Gasteiger partial charge is 0.158 e. The van der Waals surface area contributed by atoms with Gasteiger partial charge in [-0.15, -0.1) is 11.3 Å². The van der Waals surface area contributed by atoms with E-state index in [-0.39, 0.29) is 0 Å². The Kier molecular flexibility index (Phi) is 4.80. The van der Waals surface area contributed by atoms with Gasteiger partial charge < -0.3 is 5.32 Å². The first-order valence-corrected chi connectivity index (χ1v) is 9.44. The predicted octanol–water partition coefficient (Wildman–Crippen LogP) is 5.50.